The molecule has 0 atom stereocenters. The first-order valence-electron chi connectivity index (χ1n) is 6.06. The summed E-state index contributed by atoms with van der Waals surface area (Å²) in [6, 6.07) is 5.65. The number of anilines is 1. The number of likely N-dealkylation sites (N-methyl/N-ethyl adjacent to an activating group) is 1. The summed E-state index contributed by atoms with van der Waals surface area (Å²) in [6.07, 6.45) is 0. The Morgan fingerprint density at radius 3 is 2.53 bits per heavy atom. The summed E-state index contributed by atoms with van der Waals surface area (Å²) >= 11 is 6.02. The molecular formula is C13H21ClN2O. The minimum atomic E-state index is -0.0153. The Morgan fingerprint density at radius 2 is 2.00 bits per heavy atom. The van der Waals surface area contributed by atoms with Gasteiger partial charge in [0, 0.05) is 23.8 Å². The molecule has 96 valence electrons. The van der Waals surface area contributed by atoms with Crippen LogP contribution in [0.25, 0.3) is 0 Å². The summed E-state index contributed by atoms with van der Waals surface area (Å²) in [6.45, 7) is 8.37. The molecular weight excluding hydrogens is 236 g/mol. The third kappa shape index (κ3) is 4.54. The molecule has 0 saturated carbocycles. The molecule has 17 heavy (non-hydrogen) atoms. The predicted octanol–water partition coefficient (Wildman–Crippen LogP) is 2.59. The number of aliphatic hydroxyl groups is 1. The van der Waals surface area contributed by atoms with Crippen LogP contribution in [0.2, 0.25) is 5.02 Å². The molecule has 1 rings (SSSR count). The van der Waals surface area contributed by atoms with Gasteiger partial charge in [0.05, 0.1) is 6.61 Å². The molecule has 0 heterocycles. The first kappa shape index (κ1) is 14.3. The van der Waals surface area contributed by atoms with E-state index in [2.05, 4.69) is 24.1 Å². The molecule has 0 radical (unpaired) electrons. The van der Waals surface area contributed by atoms with E-state index in [0.29, 0.717) is 5.02 Å². The molecule has 0 unspecified atom stereocenters. The highest BCUT2D eigenvalue weighted by Crippen LogP contribution is 2.20. The fourth-order valence-corrected chi connectivity index (χ4v) is 1.92. The van der Waals surface area contributed by atoms with Gasteiger partial charge in [-0.15, -0.1) is 0 Å². The number of hydrogen-bond acceptors (Lipinski definition) is 3. The van der Waals surface area contributed by atoms with Crippen molar-refractivity contribution >= 4 is 17.3 Å². The molecule has 3 nitrogen and oxygen atoms in total. The second-order valence-electron chi connectivity index (χ2n) is 3.92. The molecule has 0 aliphatic heterocycles. The Kier molecular flexibility index (Phi) is 6.34. The summed E-state index contributed by atoms with van der Waals surface area (Å²) < 4.78 is 0. The lowest BCUT2D eigenvalue weighted by molar-refractivity contribution is 0.282. The van der Waals surface area contributed by atoms with Crippen LogP contribution in [0.5, 0.6) is 0 Å². The molecule has 0 aromatic heterocycles. The van der Waals surface area contributed by atoms with Crippen molar-refractivity contribution in [3.8, 4) is 0 Å². The maximum atomic E-state index is 9.01. The highest BCUT2D eigenvalue weighted by atomic mass is 35.5. The predicted molar refractivity (Wildman–Crippen MR) is 73.7 cm³/mol. The number of rotatable bonds is 7. The minimum Gasteiger partial charge on any atom is -0.392 e. The van der Waals surface area contributed by atoms with Crippen molar-refractivity contribution in [2.45, 2.75) is 20.5 Å². The van der Waals surface area contributed by atoms with Gasteiger partial charge in [-0.3, -0.25) is 0 Å². The lowest BCUT2D eigenvalue weighted by atomic mass is 10.2. The van der Waals surface area contributed by atoms with Crippen molar-refractivity contribution in [3.63, 3.8) is 0 Å². The summed E-state index contributed by atoms with van der Waals surface area (Å²) in [4.78, 5) is 2.36. The van der Waals surface area contributed by atoms with E-state index < -0.39 is 0 Å². The minimum absolute atomic E-state index is 0.0153. The van der Waals surface area contributed by atoms with Gasteiger partial charge in [0.25, 0.3) is 0 Å². The van der Waals surface area contributed by atoms with Crippen molar-refractivity contribution in [2.75, 3.05) is 31.5 Å². The van der Waals surface area contributed by atoms with Crippen molar-refractivity contribution < 1.29 is 5.11 Å². The Bertz CT molecular complexity index is 340. The van der Waals surface area contributed by atoms with Crippen LogP contribution in [0.15, 0.2) is 18.2 Å². The average Bonchev–Trinajstić information content (AvgIpc) is 2.35. The van der Waals surface area contributed by atoms with E-state index >= 15 is 0 Å². The SMILES string of the molecule is CCN(CC)CCNc1ccc(CO)c(Cl)c1. The van der Waals surface area contributed by atoms with Crippen LogP contribution in [0.1, 0.15) is 19.4 Å². The van der Waals surface area contributed by atoms with Crippen LogP contribution >= 0.6 is 11.6 Å². The maximum absolute atomic E-state index is 9.01. The normalized spacial score (nSPS) is 10.9. The topological polar surface area (TPSA) is 35.5 Å². The number of halogens is 1. The van der Waals surface area contributed by atoms with E-state index in [1.165, 1.54) is 0 Å². The number of nitrogens with one attached hydrogen (secondary N) is 1. The van der Waals surface area contributed by atoms with Crippen LogP contribution in [0.3, 0.4) is 0 Å². The van der Waals surface area contributed by atoms with Gasteiger partial charge < -0.3 is 15.3 Å². The maximum Gasteiger partial charge on any atom is 0.0696 e. The summed E-state index contributed by atoms with van der Waals surface area (Å²) in [5.41, 5.74) is 1.76. The van der Waals surface area contributed by atoms with E-state index in [-0.39, 0.29) is 6.61 Å². The van der Waals surface area contributed by atoms with Gasteiger partial charge in [-0.1, -0.05) is 31.5 Å². The Morgan fingerprint density at radius 1 is 1.29 bits per heavy atom. The zero-order valence-electron chi connectivity index (χ0n) is 10.5. The highest BCUT2D eigenvalue weighted by molar-refractivity contribution is 6.31. The van der Waals surface area contributed by atoms with Crippen molar-refractivity contribution in [1.82, 2.24) is 4.90 Å². The molecule has 0 aliphatic carbocycles. The molecule has 0 saturated heterocycles. The van der Waals surface area contributed by atoms with Gasteiger partial charge in [0.15, 0.2) is 0 Å². The number of aliphatic hydroxyl groups excluding tert-OH is 1. The molecule has 4 heteroatoms. The van der Waals surface area contributed by atoms with Crippen LogP contribution in [0, 0.1) is 0 Å². The number of hydrogen-bond donors (Lipinski definition) is 2. The lowest BCUT2D eigenvalue weighted by Crippen LogP contribution is -2.28. The van der Waals surface area contributed by atoms with E-state index in [0.717, 1.165) is 37.4 Å². The second kappa shape index (κ2) is 7.54. The second-order valence-corrected chi connectivity index (χ2v) is 4.33. The third-order valence-corrected chi connectivity index (χ3v) is 3.23. The first-order valence-corrected chi connectivity index (χ1v) is 6.44. The highest BCUT2D eigenvalue weighted by Gasteiger charge is 2.01. The lowest BCUT2D eigenvalue weighted by Gasteiger charge is -2.18. The fraction of sp³-hybridized carbons (Fsp3) is 0.538. The summed E-state index contributed by atoms with van der Waals surface area (Å²) in [7, 11) is 0. The van der Waals surface area contributed by atoms with Crippen LogP contribution in [-0.4, -0.2) is 36.2 Å². The van der Waals surface area contributed by atoms with Crippen LogP contribution < -0.4 is 5.32 Å². The van der Waals surface area contributed by atoms with Gasteiger partial charge in [0.1, 0.15) is 0 Å². The number of nitrogens with zero attached hydrogens (tertiary/aromatic N) is 1. The largest absolute Gasteiger partial charge is 0.392 e. The van der Waals surface area contributed by atoms with E-state index in [1.807, 2.05) is 18.2 Å². The van der Waals surface area contributed by atoms with Crippen LogP contribution in [-0.2, 0) is 6.61 Å². The standard InChI is InChI=1S/C13H21ClN2O/c1-3-16(4-2)8-7-15-12-6-5-11(10-17)13(14)9-12/h5-6,9,15,17H,3-4,7-8,10H2,1-2H3. The van der Waals surface area contributed by atoms with Gasteiger partial charge in [-0.2, -0.15) is 0 Å². The fourth-order valence-electron chi connectivity index (χ4n) is 1.68. The van der Waals surface area contributed by atoms with E-state index in [4.69, 9.17) is 16.7 Å². The Labute approximate surface area is 108 Å². The first-order chi connectivity index (χ1) is 8.21. The van der Waals surface area contributed by atoms with Crippen molar-refractivity contribution in [3.05, 3.63) is 28.8 Å². The zero-order chi connectivity index (χ0) is 12.7. The van der Waals surface area contributed by atoms with E-state index in [1.54, 1.807) is 0 Å². The molecule has 2 N–H and O–H groups in total. The van der Waals surface area contributed by atoms with Crippen molar-refractivity contribution in [2.24, 2.45) is 0 Å². The summed E-state index contributed by atoms with van der Waals surface area (Å²) in [5, 5.41) is 13.0. The van der Waals surface area contributed by atoms with Crippen LogP contribution in [0.4, 0.5) is 5.69 Å². The van der Waals surface area contributed by atoms with Gasteiger partial charge in [-0.05, 0) is 30.8 Å². The monoisotopic (exact) mass is 256 g/mol. The van der Waals surface area contributed by atoms with Crippen molar-refractivity contribution in [1.29, 1.82) is 0 Å². The van der Waals surface area contributed by atoms with Gasteiger partial charge >= 0.3 is 0 Å². The molecule has 1 aromatic carbocycles. The third-order valence-electron chi connectivity index (χ3n) is 2.87. The zero-order valence-corrected chi connectivity index (χ0v) is 11.3. The summed E-state index contributed by atoms with van der Waals surface area (Å²) in [5.74, 6) is 0. The molecule has 0 fully saturated rings. The Hall–Kier alpha value is -0.770. The van der Waals surface area contributed by atoms with Gasteiger partial charge in [0.2, 0.25) is 0 Å². The quantitative estimate of drug-likeness (QED) is 0.787. The average molecular weight is 257 g/mol. The molecule has 0 spiro atoms. The molecule has 0 aliphatic rings. The Balaban J connectivity index is 2.44. The van der Waals surface area contributed by atoms with Gasteiger partial charge in [-0.25, -0.2) is 0 Å². The number of benzene rings is 1. The smallest absolute Gasteiger partial charge is 0.0696 e. The van der Waals surface area contributed by atoms with E-state index in [9.17, 15) is 0 Å². The molecule has 0 bridgehead atoms. The molecule has 0 amide bonds. The molecule has 1 aromatic rings.